The molecule has 3 rings (SSSR count). The van der Waals surface area contributed by atoms with Crippen molar-refractivity contribution in [2.75, 3.05) is 36.4 Å². The highest BCUT2D eigenvalue weighted by molar-refractivity contribution is 7.13. The van der Waals surface area contributed by atoms with Crippen LogP contribution in [-0.4, -0.2) is 53.0 Å². The van der Waals surface area contributed by atoms with E-state index in [-0.39, 0.29) is 18.3 Å². The summed E-state index contributed by atoms with van der Waals surface area (Å²) in [6, 6.07) is 5.46. The van der Waals surface area contributed by atoms with E-state index in [4.69, 9.17) is 5.73 Å². The summed E-state index contributed by atoms with van der Waals surface area (Å²) in [7, 11) is 0. The zero-order valence-electron chi connectivity index (χ0n) is 14.1. The zero-order chi connectivity index (χ0) is 16.9. The molecule has 1 unspecified atom stereocenters. The van der Waals surface area contributed by atoms with Crippen molar-refractivity contribution in [3.05, 3.63) is 35.5 Å². The first-order valence-corrected chi connectivity index (χ1v) is 8.89. The van der Waals surface area contributed by atoms with Gasteiger partial charge in [-0.2, -0.15) is 0 Å². The van der Waals surface area contributed by atoms with Crippen LogP contribution < -0.4 is 16.0 Å². The molecule has 9 heteroatoms. The average molecular weight is 383 g/mol. The number of halogens is 1. The fraction of sp³-hybridized carbons (Fsp3) is 0.438. The number of thiazole rings is 1. The number of hydrogen-bond donors (Lipinski definition) is 2. The maximum atomic E-state index is 11.6. The number of nitrogens with one attached hydrogen (secondary N) is 1. The summed E-state index contributed by atoms with van der Waals surface area (Å²) in [5, 5.41) is 5.33. The molecule has 0 bridgehead atoms. The van der Waals surface area contributed by atoms with E-state index in [1.165, 1.54) is 11.3 Å². The molecule has 0 spiro atoms. The van der Waals surface area contributed by atoms with Gasteiger partial charge in [0.1, 0.15) is 5.82 Å². The van der Waals surface area contributed by atoms with E-state index in [1.807, 2.05) is 29.8 Å². The van der Waals surface area contributed by atoms with Gasteiger partial charge < -0.3 is 16.0 Å². The lowest BCUT2D eigenvalue weighted by atomic mass is 10.3. The van der Waals surface area contributed by atoms with E-state index in [1.54, 1.807) is 6.92 Å². The minimum absolute atomic E-state index is 0. The van der Waals surface area contributed by atoms with Crippen LogP contribution in [0, 0.1) is 0 Å². The number of hydrogen-bond acceptors (Lipinski definition) is 7. The van der Waals surface area contributed by atoms with E-state index >= 15 is 0 Å². The molecule has 25 heavy (non-hydrogen) atoms. The summed E-state index contributed by atoms with van der Waals surface area (Å²) in [5.74, 6) is 0.826. The van der Waals surface area contributed by atoms with Crippen LogP contribution in [0.1, 0.15) is 12.6 Å². The fourth-order valence-corrected chi connectivity index (χ4v) is 3.27. The summed E-state index contributed by atoms with van der Waals surface area (Å²) < 4.78 is 0. The SMILES string of the molecule is CC(N)C(=O)Nc1nc(CN2CCN(c3ccccn3)CC2)cs1.Cl. The molecule has 1 aliphatic rings. The monoisotopic (exact) mass is 382 g/mol. The number of pyridine rings is 1. The van der Waals surface area contributed by atoms with Crippen molar-refractivity contribution in [3.8, 4) is 0 Å². The summed E-state index contributed by atoms with van der Waals surface area (Å²) in [4.78, 5) is 25.1. The number of aromatic nitrogens is 2. The Morgan fingerprint density at radius 3 is 2.76 bits per heavy atom. The van der Waals surface area contributed by atoms with Gasteiger partial charge >= 0.3 is 0 Å². The highest BCUT2D eigenvalue weighted by Gasteiger charge is 2.19. The Kier molecular flexibility index (Phi) is 7.12. The quantitative estimate of drug-likeness (QED) is 0.816. The lowest BCUT2D eigenvalue weighted by Gasteiger charge is -2.35. The molecule has 1 aliphatic heterocycles. The van der Waals surface area contributed by atoms with Gasteiger partial charge in [0, 0.05) is 44.3 Å². The number of carbonyl (C=O) groups is 1. The lowest BCUT2D eigenvalue weighted by Crippen LogP contribution is -2.46. The molecule has 3 heterocycles. The second-order valence-electron chi connectivity index (χ2n) is 5.87. The molecular weight excluding hydrogens is 360 g/mol. The largest absolute Gasteiger partial charge is 0.354 e. The van der Waals surface area contributed by atoms with Crippen molar-refractivity contribution in [3.63, 3.8) is 0 Å². The average Bonchev–Trinajstić information content (AvgIpc) is 3.03. The van der Waals surface area contributed by atoms with Crippen LogP contribution in [-0.2, 0) is 11.3 Å². The molecule has 0 aliphatic carbocycles. The Labute approximate surface area is 157 Å². The first-order chi connectivity index (χ1) is 11.6. The Hall–Kier alpha value is -1.74. The molecule has 136 valence electrons. The van der Waals surface area contributed by atoms with Gasteiger partial charge in [0.15, 0.2) is 5.13 Å². The number of carbonyl (C=O) groups excluding carboxylic acids is 1. The standard InChI is InChI=1S/C16H22N6OS.ClH/c1-12(17)15(23)20-16-19-13(11-24-16)10-21-6-8-22(9-7-21)14-4-2-3-5-18-14;/h2-5,11-12H,6-10,17H2,1H3,(H,19,20,23);1H. The minimum Gasteiger partial charge on any atom is -0.354 e. The number of nitrogens with zero attached hydrogens (tertiary/aromatic N) is 4. The number of nitrogens with two attached hydrogens (primary N) is 1. The smallest absolute Gasteiger partial charge is 0.242 e. The summed E-state index contributed by atoms with van der Waals surface area (Å²) in [5.41, 5.74) is 6.53. The van der Waals surface area contributed by atoms with Gasteiger partial charge in [0.05, 0.1) is 11.7 Å². The van der Waals surface area contributed by atoms with Crippen molar-refractivity contribution >= 4 is 40.6 Å². The van der Waals surface area contributed by atoms with Gasteiger partial charge in [0.25, 0.3) is 0 Å². The molecular formula is C16H23ClN6OS. The number of amides is 1. The zero-order valence-corrected chi connectivity index (χ0v) is 15.7. The van der Waals surface area contributed by atoms with Crippen molar-refractivity contribution in [1.82, 2.24) is 14.9 Å². The van der Waals surface area contributed by atoms with Gasteiger partial charge in [-0.1, -0.05) is 6.07 Å². The number of anilines is 2. The van der Waals surface area contributed by atoms with Crippen molar-refractivity contribution in [1.29, 1.82) is 0 Å². The number of piperazine rings is 1. The van der Waals surface area contributed by atoms with Crippen molar-refractivity contribution < 1.29 is 4.79 Å². The van der Waals surface area contributed by atoms with Crippen molar-refractivity contribution in [2.24, 2.45) is 5.73 Å². The fourth-order valence-electron chi connectivity index (χ4n) is 2.56. The summed E-state index contributed by atoms with van der Waals surface area (Å²) in [6.45, 7) is 6.29. The van der Waals surface area contributed by atoms with Crippen LogP contribution in [0.25, 0.3) is 0 Å². The van der Waals surface area contributed by atoms with Crippen LogP contribution in [0.4, 0.5) is 10.9 Å². The third kappa shape index (κ3) is 5.37. The predicted molar refractivity (Wildman–Crippen MR) is 103 cm³/mol. The minimum atomic E-state index is -0.531. The molecule has 1 amide bonds. The maximum Gasteiger partial charge on any atom is 0.242 e. The van der Waals surface area contributed by atoms with Gasteiger partial charge in [-0.3, -0.25) is 9.69 Å². The molecule has 1 saturated heterocycles. The van der Waals surface area contributed by atoms with Crippen LogP contribution in [0.15, 0.2) is 29.8 Å². The summed E-state index contributed by atoms with van der Waals surface area (Å²) >= 11 is 1.44. The van der Waals surface area contributed by atoms with Crippen LogP contribution >= 0.6 is 23.7 Å². The molecule has 7 nitrogen and oxygen atoms in total. The van der Waals surface area contributed by atoms with Gasteiger partial charge in [-0.15, -0.1) is 23.7 Å². The van der Waals surface area contributed by atoms with E-state index in [2.05, 4.69) is 25.1 Å². The molecule has 2 aromatic rings. The van der Waals surface area contributed by atoms with Gasteiger partial charge in [-0.25, -0.2) is 9.97 Å². The number of rotatable bonds is 5. The first-order valence-electron chi connectivity index (χ1n) is 8.01. The van der Waals surface area contributed by atoms with Gasteiger partial charge in [0.2, 0.25) is 5.91 Å². The third-order valence-electron chi connectivity index (χ3n) is 3.93. The highest BCUT2D eigenvalue weighted by atomic mass is 35.5. The predicted octanol–water partition coefficient (Wildman–Crippen LogP) is 1.57. The summed E-state index contributed by atoms with van der Waals surface area (Å²) in [6.07, 6.45) is 1.83. The van der Waals surface area contributed by atoms with E-state index < -0.39 is 6.04 Å². The molecule has 0 radical (unpaired) electrons. The Balaban J connectivity index is 0.00000225. The van der Waals surface area contributed by atoms with E-state index in [0.717, 1.165) is 44.2 Å². The third-order valence-corrected chi connectivity index (χ3v) is 4.73. The highest BCUT2D eigenvalue weighted by Crippen LogP contribution is 2.18. The van der Waals surface area contributed by atoms with Gasteiger partial charge in [-0.05, 0) is 19.1 Å². The van der Waals surface area contributed by atoms with E-state index in [9.17, 15) is 4.79 Å². The van der Waals surface area contributed by atoms with Crippen LogP contribution in [0.5, 0.6) is 0 Å². The molecule has 0 saturated carbocycles. The Morgan fingerprint density at radius 1 is 1.36 bits per heavy atom. The second kappa shape index (κ2) is 9.10. The topological polar surface area (TPSA) is 87.4 Å². The molecule has 1 fully saturated rings. The molecule has 3 N–H and O–H groups in total. The normalized spacial score (nSPS) is 16.2. The molecule has 2 aromatic heterocycles. The lowest BCUT2D eigenvalue weighted by molar-refractivity contribution is -0.117. The second-order valence-corrected chi connectivity index (χ2v) is 6.73. The first kappa shape index (κ1) is 19.6. The Morgan fingerprint density at radius 2 is 2.12 bits per heavy atom. The van der Waals surface area contributed by atoms with E-state index in [0.29, 0.717) is 5.13 Å². The van der Waals surface area contributed by atoms with Crippen LogP contribution in [0.3, 0.4) is 0 Å². The Bertz CT molecular complexity index is 672. The maximum absolute atomic E-state index is 11.6. The molecule has 0 aromatic carbocycles. The van der Waals surface area contributed by atoms with Crippen LogP contribution in [0.2, 0.25) is 0 Å². The molecule has 1 atom stereocenters. The van der Waals surface area contributed by atoms with Crippen molar-refractivity contribution in [2.45, 2.75) is 19.5 Å².